The maximum atomic E-state index is 5.50. The maximum absolute atomic E-state index is 5.50. The van der Waals surface area contributed by atoms with Gasteiger partial charge in [0.1, 0.15) is 0 Å². The summed E-state index contributed by atoms with van der Waals surface area (Å²) in [4.78, 5) is 0. The van der Waals surface area contributed by atoms with Crippen molar-refractivity contribution in [3.63, 3.8) is 0 Å². The smallest absolute Gasteiger partial charge is 0.0809 e. The molecule has 3 aromatic carbocycles. The van der Waals surface area contributed by atoms with Crippen LogP contribution in [0.4, 0.5) is 0 Å². The van der Waals surface area contributed by atoms with Gasteiger partial charge in [0.05, 0.1) is 0 Å². The van der Waals surface area contributed by atoms with Crippen LogP contribution in [0.2, 0.25) is 26.2 Å². The molecule has 0 unspecified atom stereocenters. The van der Waals surface area contributed by atoms with Crippen molar-refractivity contribution in [2.45, 2.75) is 26.2 Å². The zero-order valence-electron chi connectivity index (χ0n) is 15.7. The van der Waals surface area contributed by atoms with Gasteiger partial charge in [0, 0.05) is 0 Å². The van der Waals surface area contributed by atoms with E-state index < -0.39 is 14.0 Å². The summed E-state index contributed by atoms with van der Waals surface area (Å²) < 4.78 is 10.9. The minimum Gasteiger partial charge on any atom is -1.00 e. The minimum atomic E-state index is -1.32. The Morgan fingerprint density at radius 2 is 1.58 bits per heavy atom. The van der Waals surface area contributed by atoms with Crippen molar-refractivity contribution in [2.24, 2.45) is 0 Å². The Hall–Kier alpha value is -0.00312. The van der Waals surface area contributed by atoms with Crippen molar-refractivity contribution >= 4 is 24.8 Å². The number of benzene rings is 1. The SMILES string of the molecule is C[Si](=[Zr+2])OCO[Si](C)(C)C.[Cl-].[Cl-].c1cc[cH-]c1.c1ccc2[cH-]ccc2c1. The van der Waals surface area contributed by atoms with Crippen molar-refractivity contribution < 1.29 is 57.0 Å². The molecule has 2 nitrogen and oxygen atoms in total. The minimum absolute atomic E-state index is 0. The predicted molar refractivity (Wildman–Crippen MR) is 104 cm³/mol. The second-order valence-electron chi connectivity index (χ2n) is 6.19. The Morgan fingerprint density at radius 3 is 2.04 bits per heavy atom. The molecule has 0 atom stereocenters. The molecule has 0 amide bonds. The van der Waals surface area contributed by atoms with E-state index >= 15 is 0 Å². The third-order valence-electron chi connectivity index (χ3n) is 2.87. The van der Waals surface area contributed by atoms with Gasteiger partial charge in [-0.05, 0) is 0 Å². The van der Waals surface area contributed by atoms with Crippen LogP contribution in [-0.4, -0.2) is 20.8 Å². The van der Waals surface area contributed by atoms with Crippen molar-refractivity contribution in [2.75, 3.05) is 6.79 Å². The maximum Gasteiger partial charge on any atom is -0.0809 e. The summed E-state index contributed by atoms with van der Waals surface area (Å²) in [6, 6.07) is 24.7. The standard InChI is InChI=1S/C9H7.C5H14O2Si2.C5H5.2ClH.Zr/c1-2-5-9-7-3-6-8(9)4-1;1-8-6-5-7-9(2,3)4;1-2-4-5-3-1;;;/h1-7H;5H2,1-4H3;1-5H;2*1H;/q-1;;-1;;;+2/p-2. The Kier molecular flexibility index (Phi) is 17.4. The summed E-state index contributed by atoms with van der Waals surface area (Å²) in [5, 5.41) is 2.66. The number of halogens is 2. The van der Waals surface area contributed by atoms with E-state index in [1.54, 1.807) is 0 Å². The molecule has 0 radical (unpaired) electrons. The van der Waals surface area contributed by atoms with E-state index in [1.165, 1.54) is 34.1 Å². The molecular formula is C19H26Cl2O2Si2Zr-2. The van der Waals surface area contributed by atoms with Gasteiger partial charge in [0.2, 0.25) is 0 Å². The molecule has 0 aromatic heterocycles. The Balaban J connectivity index is 0. The average Bonchev–Trinajstić information content (AvgIpc) is 3.21. The summed E-state index contributed by atoms with van der Waals surface area (Å²) in [5.41, 5.74) is -0.470. The second-order valence-corrected chi connectivity index (χ2v) is 17.3. The van der Waals surface area contributed by atoms with E-state index in [-0.39, 0.29) is 24.8 Å². The summed E-state index contributed by atoms with van der Waals surface area (Å²) in [6.45, 7) is 9.17. The monoisotopic (exact) mass is 502 g/mol. The molecule has 0 aliphatic heterocycles. The zero-order chi connectivity index (χ0) is 17.8. The normalized spacial score (nSPS) is 9.62. The van der Waals surface area contributed by atoms with Crippen LogP contribution in [0.5, 0.6) is 0 Å². The molecule has 0 fully saturated rings. The van der Waals surface area contributed by atoms with Crippen molar-refractivity contribution in [1.29, 1.82) is 0 Å². The third kappa shape index (κ3) is 15.1. The zero-order valence-corrected chi connectivity index (χ0v) is 21.7. The molecule has 0 bridgehead atoms. The van der Waals surface area contributed by atoms with Gasteiger partial charge in [0.25, 0.3) is 0 Å². The average molecular weight is 505 g/mol. The van der Waals surface area contributed by atoms with Crippen LogP contribution in [0.1, 0.15) is 0 Å². The first-order valence-corrected chi connectivity index (χ1v) is 17.0. The summed E-state index contributed by atoms with van der Waals surface area (Å²) in [5.74, 6) is 0. The summed E-state index contributed by atoms with van der Waals surface area (Å²) in [6.07, 6.45) is 0. The molecule has 3 aromatic rings. The van der Waals surface area contributed by atoms with Gasteiger partial charge in [-0.2, -0.15) is 35.7 Å². The van der Waals surface area contributed by atoms with Crippen LogP contribution in [-0.2, 0) is 32.2 Å². The van der Waals surface area contributed by atoms with Gasteiger partial charge in [-0.1, -0.05) is 6.07 Å². The molecule has 26 heavy (non-hydrogen) atoms. The van der Waals surface area contributed by atoms with Crippen LogP contribution < -0.4 is 24.8 Å². The predicted octanol–water partition coefficient (Wildman–Crippen LogP) is -0.551. The fraction of sp³-hybridized carbons (Fsp3) is 0.263. The Bertz CT molecular complexity index is 647. The van der Waals surface area contributed by atoms with Crippen LogP contribution in [0.3, 0.4) is 0 Å². The molecule has 0 aliphatic rings. The molecule has 0 heterocycles. The first-order valence-electron chi connectivity index (χ1n) is 7.97. The molecule has 3 rings (SSSR count). The Morgan fingerprint density at radius 1 is 0.962 bits per heavy atom. The molecule has 142 valence electrons. The van der Waals surface area contributed by atoms with E-state index in [0.717, 1.165) is 0 Å². The van der Waals surface area contributed by atoms with E-state index in [4.69, 9.17) is 8.85 Å². The van der Waals surface area contributed by atoms with E-state index in [9.17, 15) is 0 Å². The van der Waals surface area contributed by atoms with E-state index in [0.29, 0.717) is 6.79 Å². The first-order chi connectivity index (χ1) is 11.4. The molecular weight excluding hydrogens is 479 g/mol. The number of hydrogen-bond acceptors (Lipinski definition) is 2. The fourth-order valence-electron chi connectivity index (χ4n) is 1.69. The van der Waals surface area contributed by atoms with Gasteiger partial charge in [0.15, 0.2) is 0 Å². The molecule has 0 aliphatic carbocycles. The molecule has 0 N–H and O–H groups in total. The number of fused-ring (bicyclic) bond motifs is 1. The van der Waals surface area contributed by atoms with Gasteiger partial charge in [-0.3, -0.25) is 0 Å². The van der Waals surface area contributed by atoms with Gasteiger partial charge >= 0.3 is 79.2 Å². The molecule has 7 heteroatoms. The van der Waals surface area contributed by atoms with Gasteiger partial charge in [-0.15, -0.1) is 29.7 Å². The quantitative estimate of drug-likeness (QED) is 0.270. The number of rotatable bonds is 4. The third-order valence-corrected chi connectivity index (χ3v) is 5.47. The van der Waals surface area contributed by atoms with E-state index in [1.807, 2.05) is 30.3 Å². The molecule has 0 spiro atoms. The van der Waals surface area contributed by atoms with Crippen LogP contribution in [0.15, 0.2) is 72.8 Å². The molecule has 0 saturated carbocycles. The van der Waals surface area contributed by atoms with Gasteiger partial charge < -0.3 is 24.8 Å². The first kappa shape index (κ1) is 28.2. The number of hydrogen-bond donors (Lipinski definition) is 0. The van der Waals surface area contributed by atoms with Crippen LogP contribution in [0.25, 0.3) is 10.8 Å². The summed E-state index contributed by atoms with van der Waals surface area (Å²) in [7, 11) is -1.32. The van der Waals surface area contributed by atoms with Crippen LogP contribution in [0, 0.1) is 0 Å². The van der Waals surface area contributed by atoms with Crippen molar-refractivity contribution in [3.05, 3.63) is 72.8 Å². The fourth-order valence-corrected chi connectivity index (χ4v) is 2.89. The van der Waals surface area contributed by atoms with E-state index in [2.05, 4.69) is 68.7 Å². The second kappa shape index (κ2) is 16.0. The molecule has 0 saturated heterocycles. The topological polar surface area (TPSA) is 18.5 Å². The Labute approximate surface area is 186 Å². The van der Waals surface area contributed by atoms with Crippen molar-refractivity contribution in [1.82, 2.24) is 0 Å². The largest absolute Gasteiger partial charge is 1.00 e. The van der Waals surface area contributed by atoms with Crippen molar-refractivity contribution in [3.8, 4) is 0 Å². The van der Waals surface area contributed by atoms with Gasteiger partial charge in [-0.25, -0.2) is 12.1 Å². The van der Waals surface area contributed by atoms with Crippen LogP contribution >= 0.6 is 0 Å². The summed E-state index contributed by atoms with van der Waals surface area (Å²) >= 11 is 1.51.